The Hall–Kier alpha value is -2.49. The quantitative estimate of drug-likeness (QED) is 0.573. The summed E-state index contributed by atoms with van der Waals surface area (Å²) in [6, 6.07) is 12.6. The van der Waals surface area contributed by atoms with Crippen molar-refractivity contribution in [2.24, 2.45) is 16.8 Å². The predicted octanol–water partition coefficient (Wildman–Crippen LogP) is 5.38. The first kappa shape index (κ1) is 27.1. The molecule has 0 aliphatic carbocycles. The third kappa shape index (κ3) is 5.52. The Morgan fingerprint density at radius 2 is 1.86 bits per heavy atom. The van der Waals surface area contributed by atoms with E-state index in [9.17, 15) is 13.6 Å². The standard InChI is InChI=1S/C24H28F2N4O2S.C2H6/c1-2-17(10-11-27)24(18-6-4-3-5-7-18)30(23(31)29-12-14-32-15-13-29)28-22(33-24)20-16-19(25)8-9-21(20)26;1-2/h3-9,16-17H,2,10-15,27H2,1H3;1-2H3/t17-,24?;/m1./s1. The molecule has 190 valence electrons. The number of amides is 2. The van der Waals surface area contributed by atoms with Gasteiger partial charge in [0.15, 0.2) is 0 Å². The lowest BCUT2D eigenvalue weighted by Gasteiger charge is -2.43. The predicted molar refractivity (Wildman–Crippen MR) is 137 cm³/mol. The largest absolute Gasteiger partial charge is 0.378 e. The number of nitrogens with two attached hydrogens (primary N) is 1. The van der Waals surface area contributed by atoms with Crippen LogP contribution in [0.15, 0.2) is 53.6 Å². The van der Waals surface area contributed by atoms with Gasteiger partial charge in [-0.1, -0.05) is 62.9 Å². The second kappa shape index (κ2) is 12.5. The summed E-state index contributed by atoms with van der Waals surface area (Å²) >= 11 is 1.30. The molecule has 0 aromatic heterocycles. The van der Waals surface area contributed by atoms with Crippen LogP contribution in [0.5, 0.6) is 0 Å². The molecule has 6 nitrogen and oxygen atoms in total. The Morgan fingerprint density at radius 3 is 2.49 bits per heavy atom. The zero-order valence-electron chi connectivity index (χ0n) is 20.5. The van der Waals surface area contributed by atoms with E-state index in [1.807, 2.05) is 51.1 Å². The highest BCUT2D eigenvalue weighted by molar-refractivity contribution is 8.15. The summed E-state index contributed by atoms with van der Waals surface area (Å²) in [5.74, 6) is -1.22. The lowest BCUT2D eigenvalue weighted by atomic mass is 9.87. The van der Waals surface area contributed by atoms with Crippen molar-refractivity contribution in [3.8, 4) is 0 Å². The first-order valence-corrected chi connectivity index (χ1v) is 13.0. The zero-order valence-corrected chi connectivity index (χ0v) is 21.4. The van der Waals surface area contributed by atoms with Crippen LogP contribution in [0, 0.1) is 17.6 Å². The van der Waals surface area contributed by atoms with E-state index in [1.165, 1.54) is 16.8 Å². The van der Waals surface area contributed by atoms with Gasteiger partial charge in [-0.25, -0.2) is 13.6 Å². The number of thioether (sulfide) groups is 1. The average molecular weight is 505 g/mol. The summed E-state index contributed by atoms with van der Waals surface area (Å²) in [6.07, 6.45) is 1.36. The third-order valence-electron chi connectivity index (χ3n) is 6.13. The molecule has 2 aromatic rings. The van der Waals surface area contributed by atoms with Crippen LogP contribution in [0.25, 0.3) is 0 Å². The molecule has 9 heteroatoms. The Bertz CT molecular complexity index is 1020. The number of halogens is 2. The summed E-state index contributed by atoms with van der Waals surface area (Å²) in [7, 11) is 0. The topological polar surface area (TPSA) is 71.2 Å². The highest BCUT2D eigenvalue weighted by Gasteiger charge is 2.54. The fourth-order valence-electron chi connectivity index (χ4n) is 4.45. The van der Waals surface area contributed by atoms with Gasteiger partial charge in [0.2, 0.25) is 0 Å². The van der Waals surface area contributed by atoms with Gasteiger partial charge < -0.3 is 15.4 Å². The average Bonchev–Trinajstić information content (AvgIpc) is 3.31. The van der Waals surface area contributed by atoms with Crippen LogP contribution >= 0.6 is 11.8 Å². The van der Waals surface area contributed by atoms with Gasteiger partial charge in [-0.2, -0.15) is 10.1 Å². The molecule has 0 saturated carbocycles. The van der Waals surface area contributed by atoms with Gasteiger partial charge in [-0.3, -0.25) is 0 Å². The number of hydrogen-bond donors (Lipinski definition) is 1. The first-order chi connectivity index (χ1) is 17.0. The summed E-state index contributed by atoms with van der Waals surface area (Å²) in [5, 5.41) is 6.40. The highest BCUT2D eigenvalue weighted by Crippen LogP contribution is 2.54. The molecule has 4 rings (SSSR count). The molecule has 2 amide bonds. The molecule has 35 heavy (non-hydrogen) atoms. The summed E-state index contributed by atoms with van der Waals surface area (Å²) in [5.41, 5.74) is 6.89. The van der Waals surface area contributed by atoms with Gasteiger partial charge in [-0.15, -0.1) is 0 Å². The minimum absolute atomic E-state index is 0.0418. The van der Waals surface area contributed by atoms with Crippen LogP contribution in [0.3, 0.4) is 0 Å². The highest BCUT2D eigenvalue weighted by atomic mass is 32.2. The van der Waals surface area contributed by atoms with E-state index < -0.39 is 16.5 Å². The molecular weight excluding hydrogens is 470 g/mol. The summed E-state index contributed by atoms with van der Waals surface area (Å²) < 4.78 is 34.3. The van der Waals surface area contributed by atoms with E-state index in [-0.39, 0.29) is 22.6 Å². The molecule has 2 aromatic carbocycles. The molecule has 2 heterocycles. The molecule has 2 atom stereocenters. The molecule has 1 saturated heterocycles. The van der Waals surface area contributed by atoms with Crippen molar-refractivity contribution >= 4 is 22.8 Å². The maximum absolute atomic E-state index is 14.8. The number of carbonyl (C=O) groups excluding carboxylic acids is 1. The van der Waals surface area contributed by atoms with Gasteiger partial charge in [0, 0.05) is 18.7 Å². The molecular formula is C26H34F2N4O2S. The Kier molecular flexibility index (Phi) is 9.65. The molecule has 1 unspecified atom stereocenters. The number of carbonyl (C=O) groups is 1. The Balaban J connectivity index is 0.00000167. The number of benzene rings is 2. The summed E-state index contributed by atoms with van der Waals surface area (Å²) in [4.78, 5) is 14.6. The molecule has 2 aliphatic heterocycles. The van der Waals surface area contributed by atoms with Crippen molar-refractivity contribution in [2.45, 2.75) is 38.5 Å². The van der Waals surface area contributed by atoms with Crippen LogP contribution < -0.4 is 5.73 Å². The second-order valence-corrected chi connectivity index (χ2v) is 9.28. The monoisotopic (exact) mass is 504 g/mol. The number of rotatable bonds is 6. The van der Waals surface area contributed by atoms with Gasteiger partial charge in [-0.05, 0) is 49.1 Å². The lowest BCUT2D eigenvalue weighted by molar-refractivity contribution is 0.0316. The van der Waals surface area contributed by atoms with Crippen LogP contribution in [0.4, 0.5) is 13.6 Å². The van der Waals surface area contributed by atoms with Crippen LogP contribution in [0.2, 0.25) is 0 Å². The smallest absolute Gasteiger partial charge is 0.342 e. The lowest BCUT2D eigenvalue weighted by Crippen LogP contribution is -2.54. The van der Waals surface area contributed by atoms with E-state index in [2.05, 4.69) is 5.10 Å². The maximum Gasteiger partial charge on any atom is 0.342 e. The molecule has 0 bridgehead atoms. The van der Waals surface area contributed by atoms with Gasteiger partial charge >= 0.3 is 6.03 Å². The fourth-order valence-corrected chi connectivity index (χ4v) is 6.04. The molecule has 1 fully saturated rings. The van der Waals surface area contributed by atoms with Gasteiger partial charge in [0.05, 0.1) is 13.2 Å². The SMILES string of the molecule is CC.CC[C@H](CCN)C1(c2ccccc2)SC(c2cc(F)ccc2F)=NN1C(=O)N1CCOCC1. The maximum atomic E-state index is 14.8. The molecule has 2 aliphatic rings. The van der Waals surface area contributed by atoms with E-state index in [1.54, 1.807) is 4.90 Å². The Morgan fingerprint density at radius 1 is 1.17 bits per heavy atom. The van der Waals surface area contributed by atoms with E-state index >= 15 is 0 Å². The zero-order chi connectivity index (χ0) is 25.4. The minimum Gasteiger partial charge on any atom is -0.378 e. The van der Waals surface area contributed by atoms with Gasteiger partial charge in [0.25, 0.3) is 0 Å². The van der Waals surface area contributed by atoms with Gasteiger partial charge in [0.1, 0.15) is 21.5 Å². The van der Waals surface area contributed by atoms with E-state index in [0.717, 1.165) is 30.2 Å². The summed E-state index contributed by atoms with van der Waals surface area (Å²) in [6.45, 7) is 8.25. The molecule has 0 radical (unpaired) electrons. The van der Waals surface area contributed by atoms with Crippen LogP contribution in [-0.2, 0) is 9.61 Å². The van der Waals surface area contributed by atoms with E-state index in [4.69, 9.17) is 10.5 Å². The number of ether oxygens (including phenoxy) is 1. The molecule has 0 spiro atoms. The number of hydrogen-bond acceptors (Lipinski definition) is 5. The van der Waals surface area contributed by atoms with Crippen molar-refractivity contribution in [1.29, 1.82) is 0 Å². The van der Waals surface area contributed by atoms with Crippen molar-refractivity contribution in [1.82, 2.24) is 9.91 Å². The van der Waals surface area contributed by atoms with Crippen molar-refractivity contribution in [2.75, 3.05) is 32.8 Å². The second-order valence-electron chi connectivity index (χ2n) is 8.07. The van der Waals surface area contributed by atoms with Crippen molar-refractivity contribution < 1.29 is 18.3 Å². The number of hydrazone groups is 1. The molecule has 2 N–H and O–H groups in total. The van der Waals surface area contributed by atoms with E-state index in [0.29, 0.717) is 39.3 Å². The fraction of sp³-hybridized carbons (Fsp3) is 0.462. The Labute approximate surface area is 210 Å². The van der Waals surface area contributed by atoms with Crippen molar-refractivity contribution in [3.63, 3.8) is 0 Å². The minimum atomic E-state index is -0.946. The third-order valence-corrected chi connectivity index (χ3v) is 7.68. The normalized spacial score (nSPS) is 20.7. The number of morpholine rings is 1. The first-order valence-electron chi connectivity index (χ1n) is 12.2. The van der Waals surface area contributed by atoms with Crippen LogP contribution in [-0.4, -0.2) is 53.8 Å². The van der Waals surface area contributed by atoms with Crippen molar-refractivity contribution in [3.05, 3.63) is 71.3 Å². The van der Waals surface area contributed by atoms with Crippen LogP contribution in [0.1, 0.15) is 44.7 Å². The number of urea groups is 1. The number of nitrogens with zero attached hydrogens (tertiary/aromatic N) is 3.